The van der Waals surface area contributed by atoms with E-state index in [0.717, 1.165) is 20.0 Å². The van der Waals surface area contributed by atoms with Gasteiger partial charge in [-0.15, -0.1) is 0 Å². The fourth-order valence-electron chi connectivity index (χ4n) is 1.69. The summed E-state index contributed by atoms with van der Waals surface area (Å²) in [6.07, 6.45) is 4.54. The summed E-state index contributed by atoms with van der Waals surface area (Å²) in [4.78, 5) is 12.0. The summed E-state index contributed by atoms with van der Waals surface area (Å²) in [5.74, 6) is -0.0609. The number of carbonyl (C=O) groups excluding carboxylic acids is 1. The molecule has 0 spiro atoms. The molecule has 1 aromatic carbocycles. The predicted octanol–water partition coefficient (Wildman–Crippen LogP) is 2.76. The van der Waals surface area contributed by atoms with Crippen LogP contribution in [0.25, 0.3) is 0 Å². The monoisotopic (exact) mass is 433 g/mol. The number of nitrogens with zero attached hydrogens (tertiary/aromatic N) is 2. The molecule has 1 heterocycles. The Balaban J connectivity index is 1.92. The standard InChI is InChI=1S/C13H13BrIN3O/c1-18-8-9(7-17-18)4-5-16-13(19)11-6-10(15)2-3-12(11)14/h2-3,6-8H,4-5H2,1H3,(H,16,19). The summed E-state index contributed by atoms with van der Waals surface area (Å²) in [6.45, 7) is 0.600. The number of amides is 1. The van der Waals surface area contributed by atoms with Crippen molar-refractivity contribution >= 4 is 44.4 Å². The maximum absolute atomic E-state index is 12.0. The van der Waals surface area contributed by atoms with Crippen LogP contribution in [-0.2, 0) is 13.5 Å². The van der Waals surface area contributed by atoms with Crippen LogP contribution >= 0.6 is 38.5 Å². The van der Waals surface area contributed by atoms with Crippen LogP contribution in [-0.4, -0.2) is 22.2 Å². The van der Waals surface area contributed by atoms with E-state index in [2.05, 4.69) is 48.9 Å². The normalized spacial score (nSPS) is 10.5. The molecule has 0 fully saturated rings. The van der Waals surface area contributed by atoms with Gasteiger partial charge in [0.05, 0.1) is 11.8 Å². The molecule has 0 saturated carbocycles. The van der Waals surface area contributed by atoms with Crippen LogP contribution in [0.2, 0.25) is 0 Å². The smallest absolute Gasteiger partial charge is 0.252 e. The molecule has 1 amide bonds. The molecule has 0 aliphatic heterocycles. The van der Waals surface area contributed by atoms with Crippen molar-refractivity contribution in [1.82, 2.24) is 15.1 Å². The Morgan fingerprint density at radius 2 is 2.32 bits per heavy atom. The first-order valence-electron chi connectivity index (χ1n) is 5.77. The zero-order chi connectivity index (χ0) is 13.8. The summed E-state index contributed by atoms with van der Waals surface area (Å²) in [7, 11) is 1.88. The Bertz CT molecular complexity index is 597. The molecule has 2 aromatic rings. The highest BCUT2D eigenvalue weighted by Gasteiger charge is 2.10. The molecule has 0 aliphatic carbocycles. The second-order valence-corrected chi connectivity index (χ2v) is 6.25. The lowest BCUT2D eigenvalue weighted by atomic mass is 10.2. The topological polar surface area (TPSA) is 46.9 Å². The third-order valence-corrected chi connectivity index (χ3v) is 3.99. The van der Waals surface area contributed by atoms with Crippen LogP contribution in [0.15, 0.2) is 35.1 Å². The molecule has 19 heavy (non-hydrogen) atoms. The van der Waals surface area contributed by atoms with Crippen molar-refractivity contribution in [1.29, 1.82) is 0 Å². The van der Waals surface area contributed by atoms with E-state index >= 15 is 0 Å². The lowest BCUT2D eigenvalue weighted by Crippen LogP contribution is -2.26. The fraction of sp³-hybridized carbons (Fsp3) is 0.231. The van der Waals surface area contributed by atoms with Crippen molar-refractivity contribution in [3.63, 3.8) is 0 Å². The van der Waals surface area contributed by atoms with Gasteiger partial charge in [0.15, 0.2) is 0 Å². The van der Waals surface area contributed by atoms with Crippen LogP contribution in [0.5, 0.6) is 0 Å². The molecule has 2 rings (SSSR count). The zero-order valence-corrected chi connectivity index (χ0v) is 14.1. The van der Waals surface area contributed by atoms with E-state index in [1.165, 1.54) is 0 Å². The molecule has 0 unspecified atom stereocenters. The molecule has 0 atom stereocenters. The van der Waals surface area contributed by atoms with E-state index in [4.69, 9.17) is 0 Å². The number of aryl methyl sites for hydroxylation is 1. The summed E-state index contributed by atoms with van der Waals surface area (Å²) in [5, 5.41) is 7.01. The van der Waals surface area contributed by atoms with Gasteiger partial charge in [0, 0.05) is 27.8 Å². The number of nitrogens with one attached hydrogen (secondary N) is 1. The van der Waals surface area contributed by atoms with E-state index < -0.39 is 0 Å². The van der Waals surface area contributed by atoms with Gasteiger partial charge < -0.3 is 5.32 Å². The summed E-state index contributed by atoms with van der Waals surface area (Å²) >= 11 is 5.59. The number of carbonyl (C=O) groups is 1. The van der Waals surface area contributed by atoms with Crippen LogP contribution in [0.3, 0.4) is 0 Å². The number of rotatable bonds is 4. The molecule has 0 aliphatic rings. The van der Waals surface area contributed by atoms with Crippen molar-refractivity contribution in [3.05, 3.63) is 49.8 Å². The van der Waals surface area contributed by atoms with Gasteiger partial charge in [-0.3, -0.25) is 9.48 Å². The Morgan fingerprint density at radius 3 is 3.00 bits per heavy atom. The lowest BCUT2D eigenvalue weighted by Gasteiger charge is -2.06. The first kappa shape index (κ1) is 14.5. The van der Waals surface area contributed by atoms with Crippen LogP contribution in [0, 0.1) is 3.57 Å². The van der Waals surface area contributed by atoms with Crippen molar-refractivity contribution < 1.29 is 4.79 Å². The highest BCUT2D eigenvalue weighted by Crippen LogP contribution is 2.19. The van der Waals surface area contributed by atoms with Gasteiger partial charge in [-0.2, -0.15) is 5.10 Å². The van der Waals surface area contributed by atoms with Gasteiger partial charge >= 0.3 is 0 Å². The second kappa shape index (κ2) is 6.51. The van der Waals surface area contributed by atoms with Crippen molar-refractivity contribution in [2.24, 2.45) is 7.05 Å². The van der Waals surface area contributed by atoms with Gasteiger partial charge in [0.25, 0.3) is 5.91 Å². The summed E-state index contributed by atoms with van der Waals surface area (Å²) < 4.78 is 3.61. The molecule has 0 saturated heterocycles. The van der Waals surface area contributed by atoms with E-state index in [1.807, 2.05) is 37.6 Å². The van der Waals surface area contributed by atoms with Crippen LogP contribution in [0.1, 0.15) is 15.9 Å². The third kappa shape index (κ3) is 4.04. The molecule has 6 heteroatoms. The second-order valence-electron chi connectivity index (χ2n) is 4.15. The van der Waals surface area contributed by atoms with Gasteiger partial charge in [0.1, 0.15) is 0 Å². The largest absolute Gasteiger partial charge is 0.352 e. The van der Waals surface area contributed by atoms with Gasteiger partial charge in [0.2, 0.25) is 0 Å². The number of hydrogen-bond acceptors (Lipinski definition) is 2. The number of aromatic nitrogens is 2. The number of halogens is 2. The molecule has 0 bridgehead atoms. The number of hydrogen-bond donors (Lipinski definition) is 1. The van der Waals surface area contributed by atoms with Crippen molar-refractivity contribution in [3.8, 4) is 0 Å². The minimum absolute atomic E-state index is 0.0609. The third-order valence-electron chi connectivity index (χ3n) is 2.63. The maximum atomic E-state index is 12.0. The SMILES string of the molecule is Cn1cc(CCNC(=O)c2cc(I)ccc2Br)cn1. The molecular weight excluding hydrogens is 421 g/mol. The lowest BCUT2D eigenvalue weighted by molar-refractivity contribution is 0.0953. The van der Waals surface area contributed by atoms with Gasteiger partial charge in [-0.05, 0) is 68.7 Å². The van der Waals surface area contributed by atoms with Crippen LogP contribution in [0.4, 0.5) is 0 Å². The molecule has 1 N–H and O–H groups in total. The first-order valence-corrected chi connectivity index (χ1v) is 7.64. The number of benzene rings is 1. The predicted molar refractivity (Wildman–Crippen MR) is 86.1 cm³/mol. The first-order chi connectivity index (χ1) is 9.06. The minimum Gasteiger partial charge on any atom is -0.352 e. The molecule has 4 nitrogen and oxygen atoms in total. The Kier molecular flexibility index (Phi) is 4.98. The Morgan fingerprint density at radius 1 is 1.53 bits per heavy atom. The Labute approximate surface area is 133 Å². The average molecular weight is 434 g/mol. The average Bonchev–Trinajstić information content (AvgIpc) is 2.78. The molecule has 1 aromatic heterocycles. The zero-order valence-electron chi connectivity index (χ0n) is 10.4. The molecular formula is C13H13BrIN3O. The van der Waals surface area contributed by atoms with E-state index in [-0.39, 0.29) is 5.91 Å². The van der Waals surface area contributed by atoms with E-state index in [1.54, 1.807) is 4.68 Å². The maximum Gasteiger partial charge on any atom is 0.252 e. The minimum atomic E-state index is -0.0609. The van der Waals surface area contributed by atoms with Gasteiger partial charge in [-0.1, -0.05) is 0 Å². The molecule has 100 valence electrons. The summed E-state index contributed by atoms with van der Waals surface area (Å²) in [5.41, 5.74) is 1.78. The highest BCUT2D eigenvalue weighted by atomic mass is 127. The van der Waals surface area contributed by atoms with E-state index in [0.29, 0.717) is 12.1 Å². The van der Waals surface area contributed by atoms with Crippen LogP contribution < -0.4 is 5.32 Å². The molecule has 0 radical (unpaired) electrons. The van der Waals surface area contributed by atoms with E-state index in [9.17, 15) is 4.79 Å². The highest BCUT2D eigenvalue weighted by molar-refractivity contribution is 14.1. The summed E-state index contributed by atoms with van der Waals surface area (Å²) in [6, 6.07) is 5.71. The Hall–Kier alpha value is -0.890. The fourth-order valence-corrected chi connectivity index (χ4v) is 2.61. The van der Waals surface area contributed by atoms with Crippen molar-refractivity contribution in [2.75, 3.05) is 6.54 Å². The quantitative estimate of drug-likeness (QED) is 0.753. The van der Waals surface area contributed by atoms with Crippen molar-refractivity contribution in [2.45, 2.75) is 6.42 Å². The van der Waals surface area contributed by atoms with Gasteiger partial charge in [-0.25, -0.2) is 0 Å².